The molecule has 4 aromatic rings. The fourth-order valence-electron chi connectivity index (χ4n) is 7.32. The second kappa shape index (κ2) is 12.9. The van der Waals surface area contributed by atoms with Crippen LogP contribution >= 0.6 is 0 Å². The Bertz CT molecular complexity index is 1790. The largest absolute Gasteiger partial charge is 0.493 e. The number of nitrogens with one attached hydrogen (secondary N) is 1. The van der Waals surface area contributed by atoms with Gasteiger partial charge in [0.25, 0.3) is 0 Å². The van der Waals surface area contributed by atoms with E-state index in [9.17, 15) is 0 Å². The average molecular weight is 639 g/mol. The van der Waals surface area contributed by atoms with E-state index < -0.39 is 0 Å². The number of rotatable bonds is 5. The highest BCUT2D eigenvalue weighted by atomic mass is 16.6. The van der Waals surface area contributed by atoms with Crippen molar-refractivity contribution in [2.24, 2.45) is 0 Å². The van der Waals surface area contributed by atoms with Crippen LogP contribution in [0.3, 0.4) is 0 Å². The van der Waals surface area contributed by atoms with Gasteiger partial charge in [0.1, 0.15) is 5.75 Å². The minimum atomic E-state index is -0.0834. The van der Waals surface area contributed by atoms with E-state index in [-0.39, 0.29) is 12.1 Å². The zero-order valence-electron chi connectivity index (χ0n) is 27.9. The highest BCUT2D eigenvalue weighted by Crippen LogP contribution is 2.56. The molecule has 0 saturated carbocycles. The van der Waals surface area contributed by atoms with Crippen molar-refractivity contribution < 1.29 is 33.2 Å². The number of fused-ring (bicyclic) bond motifs is 2. The molecule has 0 fully saturated rings. The summed E-state index contributed by atoms with van der Waals surface area (Å²) in [6, 6.07) is 18.7. The Labute approximate surface area is 276 Å². The molecule has 4 aliphatic rings. The minimum absolute atomic E-state index is 0.0834. The van der Waals surface area contributed by atoms with Crippen molar-refractivity contribution in [1.29, 1.82) is 0 Å². The van der Waals surface area contributed by atoms with E-state index in [0.29, 0.717) is 52.4 Å². The average Bonchev–Trinajstić information content (AvgIpc) is 3.09. The number of methoxy groups -OCH3 is 5. The Hall–Kier alpha value is -4.60. The van der Waals surface area contributed by atoms with Gasteiger partial charge in [-0.25, -0.2) is 0 Å². The molecule has 4 aliphatic heterocycles. The Morgan fingerprint density at radius 3 is 2.15 bits per heavy atom. The first-order valence-electron chi connectivity index (χ1n) is 16.1. The van der Waals surface area contributed by atoms with Gasteiger partial charge in [0.15, 0.2) is 34.5 Å². The second-order valence-electron chi connectivity index (χ2n) is 12.3. The van der Waals surface area contributed by atoms with Gasteiger partial charge in [-0.05, 0) is 97.9 Å². The SMILES string of the molecule is COc1ccc2cc1Oc1ccc(cc1)C[C@@H]1NCCc3cc(OC)c(cc31)Oc1c(OC)c(OC)c(OC)c3c1[C@H](C2)N(C)CC3. The third kappa shape index (κ3) is 5.57. The molecular weight excluding hydrogens is 596 g/mol. The van der Waals surface area contributed by atoms with Gasteiger partial charge >= 0.3 is 0 Å². The third-order valence-corrected chi connectivity index (χ3v) is 9.70. The molecule has 9 nitrogen and oxygen atoms in total. The fraction of sp³-hybridized carbons (Fsp3) is 0.368. The number of ether oxygens (including phenoxy) is 7. The molecule has 0 unspecified atom stereocenters. The van der Waals surface area contributed by atoms with Crippen molar-refractivity contribution in [3.8, 4) is 51.7 Å². The summed E-state index contributed by atoms with van der Waals surface area (Å²) < 4.78 is 43.2. The van der Waals surface area contributed by atoms with Crippen LogP contribution in [-0.4, -0.2) is 60.6 Å². The molecule has 9 heteroatoms. The minimum Gasteiger partial charge on any atom is -0.493 e. The summed E-state index contributed by atoms with van der Waals surface area (Å²) in [5, 5.41) is 3.74. The quantitative estimate of drug-likeness (QED) is 0.253. The predicted octanol–water partition coefficient (Wildman–Crippen LogP) is 6.83. The predicted molar refractivity (Wildman–Crippen MR) is 180 cm³/mol. The molecule has 4 aromatic carbocycles. The van der Waals surface area contributed by atoms with Gasteiger partial charge in [0.2, 0.25) is 11.5 Å². The van der Waals surface area contributed by atoms with E-state index in [2.05, 4.69) is 53.7 Å². The molecule has 4 heterocycles. The number of hydrogen-bond donors (Lipinski definition) is 1. The Balaban J connectivity index is 1.49. The molecule has 0 spiro atoms. The lowest BCUT2D eigenvalue weighted by atomic mass is 9.86. The lowest BCUT2D eigenvalue weighted by Gasteiger charge is -2.38. The van der Waals surface area contributed by atoms with E-state index in [0.717, 1.165) is 54.8 Å². The fourth-order valence-corrected chi connectivity index (χ4v) is 7.32. The van der Waals surface area contributed by atoms with E-state index >= 15 is 0 Å². The third-order valence-electron chi connectivity index (χ3n) is 9.70. The zero-order chi connectivity index (χ0) is 32.7. The van der Waals surface area contributed by atoms with Gasteiger partial charge in [0, 0.05) is 29.8 Å². The maximum Gasteiger partial charge on any atom is 0.208 e. The Morgan fingerprint density at radius 2 is 1.43 bits per heavy atom. The monoisotopic (exact) mass is 638 g/mol. The summed E-state index contributed by atoms with van der Waals surface area (Å²) in [6.07, 6.45) is 3.13. The van der Waals surface area contributed by atoms with Crippen molar-refractivity contribution in [3.05, 3.63) is 88.0 Å². The Morgan fingerprint density at radius 1 is 0.702 bits per heavy atom. The van der Waals surface area contributed by atoms with Gasteiger partial charge in [-0.2, -0.15) is 0 Å². The highest BCUT2D eigenvalue weighted by Gasteiger charge is 2.37. The molecule has 0 amide bonds. The molecule has 1 N–H and O–H groups in total. The number of likely N-dealkylation sites (N-methyl/N-ethyl adjacent to an activating group) is 1. The van der Waals surface area contributed by atoms with Crippen LogP contribution in [0, 0.1) is 0 Å². The van der Waals surface area contributed by atoms with E-state index in [1.54, 1.807) is 35.5 Å². The number of nitrogens with zero attached hydrogens (tertiary/aromatic N) is 1. The lowest BCUT2D eigenvalue weighted by molar-refractivity contribution is 0.216. The van der Waals surface area contributed by atoms with E-state index in [1.807, 2.05) is 18.2 Å². The van der Waals surface area contributed by atoms with E-state index in [1.165, 1.54) is 16.7 Å². The first-order chi connectivity index (χ1) is 23.0. The standard InChI is InChI=1S/C38H42N2O7/c1-40-16-14-26-34-29(40)18-23-9-12-30(41-2)32(19-23)46-25-10-7-22(8-11-25)17-28-27-21-33(31(42-3)20-24(27)13-15-39-28)47-36(34)38(45-6)37(44-5)35(26)43-4/h7-12,19-21,28-29,39H,13-18H2,1-6H3/t28-,29-/m0/s1. The lowest BCUT2D eigenvalue weighted by Crippen LogP contribution is -2.34. The molecule has 8 rings (SSSR count). The van der Waals surface area contributed by atoms with Crippen LogP contribution < -0.4 is 38.5 Å². The highest BCUT2D eigenvalue weighted by molar-refractivity contribution is 5.70. The molecule has 0 radical (unpaired) electrons. The van der Waals surface area contributed by atoms with Crippen LogP contribution in [0.1, 0.15) is 45.5 Å². The van der Waals surface area contributed by atoms with Gasteiger partial charge in [0.05, 0.1) is 35.5 Å². The van der Waals surface area contributed by atoms with Gasteiger partial charge < -0.3 is 38.5 Å². The summed E-state index contributed by atoms with van der Waals surface area (Å²) in [6.45, 7) is 1.70. The number of hydrogen-bond acceptors (Lipinski definition) is 9. The summed E-state index contributed by atoms with van der Waals surface area (Å²) in [4.78, 5) is 2.35. The molecule has 246 valence electrons. The van der Waals surface area contributed by atoms with Crippen molar-refractivity contribution >= 4 is 0 Å². The molecule has 47 heavy (non-hydrogen) atoms. The Kier molecular flexibility index (Phi) is 8.51. The van der Waals surface area contributed by atoms with Crippen LogP contribution in [0.25, 0.3) is 0 Å². The molecular formula is C38H42N2O7. The normalized spacial score (nSPS) is 18.5. The summed E-state index contributed by atoms with van der Waals surface area (Å²) in [5.41, 5.74) is 6.76. The number of benzene rings is 4. The summed E-state index contributed by atoms with van der Waals surface area (Å²) >= 11 is 0. The van der Waals surface area contributed by atoms with Crippen LogP contribution in [-0.2, 0) is 25.7 Å². The van der Waals surface area contributed by atoms with Crippen LogP contribution in [0.15, 0.2) is 54.6 Å². The van der Waals surface area contributed by atoms with Crippen LogP contribution in [0.2, 0.25) is 0 Å². The van der Waals surface area contributed by atoms with Crippen LogP contribution in [0.5, 0.6) is 51.7 Å². The molecule has 0 aromatic heterocycles. The van der Waals surface area contributed by atoms with Gasteiger partial charge in [-0.15, -0.1) is 0 Å². The maximum atomic E-state index is 7.03. The van der Waals surface area contributed by atoms with Crippen molar-refractivity contribution in [3.63, 3.8) is 0 Å². The van der Waals surface area contributed by atoms with Gasteiger partial charge in [-0.1, -0.05) is 18.2 Å². The topological polar surface area (TPSA) is 79.9 Å². The van der Waals surface area contributed by atoms with E-state index in [4.69, 9.17) is 33.2 Å². The summed E-state index contributed by atoms with van der Waals surface area (Å²) in [7, 11) is 10.4. The first-order valence-corrected chi connectivity index (χ1v) is 16.1. The maximum absolute atomic E-state index is 7.03. The summed E-state index contributed by atoms with van der Waals surface area (Å²) in [5.74, 6) is 5.63. The van der Waals surface area contributed by atoms with Crippen LogP contribution in [0.4, 0.5) is 0 Å². The molecule has 0 aliphatic carbocycles. The van der Waals surface area contributed by atoms with Crippen molar-refractivity contribution in [1.82, 2.24) is 10.2 Å². The zero-order valence-corrected chi connectivity index (χ0v) is 27.9. The van der Waals surface area contributed by atoms with Crippen molar-refractivity contribution in [2.45, 2.75) is 37.8 Å². The molecule has 6 bridgehead atoms. The molecule has 2 atom stereocenters. The van der Waals surface area contributed by atoms with Crippen molar-refractivity contribution in [2.75, 3.05) is 55.7 Å². The second-order valence-corrected chi connectivity index (χ2v) is 12.3. The smallest absolute Gasteiger partial charge is 0.208 e. The molecule has 0 saturated heterocycles. The van der Waals surface area contributed by atoms with Gasteiger partial charge in [-0.3, -0.25) is 4.90 Å². The first kappa shape index (κ1) is 31.0.